The third kappa shape index (κ3) is 3.82. The highest BCUT2D eigenvalue weighted by Gasteiger charge is 2.18. The van der Waals surface area contributed by atoms with Crippen LogP contribution in [0.2, 0.25) is 0 Å². The number of carbonyl (C=O) groups is 2. The third-order valence-electron chi connectivity index (χ3n) is 3.74. The molecule has 0 amide bonds. The number of rotatable bonds is 4. The van der Waals surface area contributed by atoms with Crippen molar-refractivity contribution in [2.24, 2.45) is 0 Å². The predicted octanol–water partition coefficient (Wildman–Crippen LogP) is 3.68. The molecule has 0 aliphatic carbocycles. The average molecular weight is 339 g/mol. The van der Waals surface area contributed by atoms with E-state index in [1.165, 1.54) is 0 Å². The molecule has 1 aromatic heterocycles. The standard InChI is InChI=1S/C20H21NO4/c1-20(2,3)25-19(23)13-24-18(22)12-21-16-10-6-4-8-14(16)15-9-5-7-11-17(15)21/h4-11H,12-13H2,1-3H3. The highest BCUT2D eigenvalue weighted by atomic mass is 16.6. The zero-order chi connectivity index (χ0) is 18.0. The highest BCUT2D eigenvalue weighted by Crippen LogP contribution is 2.28. The SMILES string of the molecule is CC(C)(C)OC(=O)COC(=O)Cn1c2ccccc2c2ccccc21. The van der Waals surface area contributed by atoms with Crippen LogP contribution in [0.5, 0.6) is 0 Å². The van der Waals surface area contributed by atoms with Crippen molar-refractivity contribution in [3.05, 3.63) is 48.5 Å². The van der Waals surface area contributed by atoms with E-state index in [0.29, 0.717) is 0 Å². The summed E-state index contributed by atoms with van der Waals surface area (Å²) >= 11 is 0. The van der Waals surface area contributed by atoms with Gasteiger partial charge in [-0.3, -0.25) is 4.79 Å². The smallest absolute Gasteiger partial charge is 0.344 e. The molecule has 5 nitrogen and oxygen atoms in total. The fraction of sp³-hybridized carbons (Fsp3) is 0.300. The van der Waals surface area contributed by atoms with Crippen molar-refractivity contribution in [1.82, 2.24) is 4.57 Å². The quantitative estimate of drug-likeness (QED) is 0.681. The molecule has 0 aliphatic heterocycles. The van der Waals surface area contributed by atoms with Crippen molar-refractivity contribution < 1.29 is 19.1 Å². The maximum Gasteiger partial charge on any atom is 0.344 e. The van der Waals surface area contributed by atoms with Crippen LogP contribution in [0.4, 0.5) is 0 Å². The number of carbonyl (C=O) groups excluding carboxylic acids is 2. The zero-order valence-corrected chi connectivity index (χ0v) is 14.6. The summed E-state index contributed by atoms with van der Waals surface area (Å²) in [5, 5.41) is 2.16. The summed E-state index contributed by atoms with van der Waals surface area (Å²) in [6, 6.07) is 15.8. The van der Waals surface area contributed by atoms with Gasteiger partial charge in [0.1, 0.15) is 12.1 Å². The molecule has 130 valence electrons. The second-order valence-corrected chi connectivity index (χ2v) is 6.87. The van der Waals surface area contributed by atoms with E-state index in [2.05, 4.69) is 0 Å². The van der Waals surface area contributed by atoms with Gasteiger partial charge in [-0.2, -0.15) is 0 Å². The number of ether oxygens (including phenoxy) is 2. The van der Waals surface area contributed by atoms with Crippen molar-refractivity contribution >= 4 is 33.7 Å². The zero-order valence-electron chi connectivity index (χ0n) is 14.6. The topological polar surface area (TPSA) is 57.5 Å². The first-order chi connectivity index (χ1) is 11.8. The van der Waals surface area contributed by atoms with Crippen LogP contribution in [0.1, 0.15) is 20.8 Å². The molecule has 0 radical (unpaired) electrons. The lowest BCUT2D eigenvalue weighted by molar-refractivity contribution is -0.166. The fourth-order valence-corrected chi connectivity index (χ4v) is 2.86. The number of hydrogen-bond acceptors (Lipinski definition) is 4. The Morgan fingerprint density at radius 1 is 0.880 bits per heavy atom. The highest BCUT2D eigenvalue weighted by molar-refractivity contribution is 6.08. The molecule has 5 heteroatoms. The fourth-order valence-electron chi connectivity index (χ4n) is 2.86. The normalized spacial score (nSPS) is 11.6. The number of nitrogens with zero attached hydrogens (tertiary/aromatic N) is 1. The Morgan fingerprint density at radius 2 is 1.40 bits per heavy atom. The summed E-state index contributed by atoms with van der Waals surface area (Å²) in [7, 11) is 0. The molecule has 3 rings (SSSR count). The van der Waals surface area contributed by atoms with Crippen LogP contribution in [-0.2, 0) is 25.6 Å². The van der Waals surface area contributed by atoms with E-state index in [0.717, 1.165) is 21.8 Å². The number of esters is 2. The summed E-state index contributed by atoms with van der Waals surface area (Å²) in [5.74, 6) is -1.03. The van der Waals surface area contributed by atoms with Gasteiger partial charge in [0, 0.05) is 21.8 Å². The summed E-state index contributed by atoms with van der Waals surface area (Å²) in [5.41, 5.74) is 1.31. The number of hydrogen-bond donors (Lipinski definition) is 0. The van der Waals surface area contributed by atoms with Gasteiger partial charge in [-0.1, -0.05) is 36.4 Å². The van der Waals surface area contributed by atoms with Gasteiger partial charge in [0.15, 0.2) is 6.61 Å². The lowest BCUT2D eigenvalue weighted by atomic mass is 10.2. The second-order valence-electron chi connectivity index (χ2n) is 6.87. The lowest BCUT2D eigenvalue weighted by Crippen LogP contribution is -2.28. The van der Waals surface area contributed by atoms with Gasteiger partial charge in [-0.25, -0.2) is 4.79 Å². The van der Waals surface area contributed by atoms with Crippen LogP contribution in [-0.4, -0.2) is 28.7 Å². The molecule has 2 aromatic carbocycles. The van der Waals surface area contributed by atoms with Gasteiger partial charge in [0.2, 0.25) is 0 Å². The molecule has 0 fully saturated rings. The molecule has 0 atom stereocenters. The van der Waals surface area contributed by atoms with Crippen molar-refractivity contribution in [3.63, 3.8) is 0 Å². The molecular formula is C20H21NO4. The minimum atomic E-state index is -0.601. The Bertz CT molecular complexity index is 880. The van der Waals surface area contributed by atoms with Crippen LogP contribution < -0.4 is 0 Å². The molecule has 0 N–H and O–H groups in total. The molecule has 1 heterocycles. The first-order valence-corrected chi connectivity index (χ1v) is 8.18. The monoisotopic (exact) mass is 339 g/mol. The Morgan fingerprint density at radius 3 is 1.92 bits per heavy atom. The summed E-state index contributed by atoms with van der Waals surface area (Å²) in [6.45, 7) is 4.96. The Hall–Kier alpha value is -2.82. The lowest BCUT2D eigenvalue weighted by Gasteiger charge is -2.19. The number of aromatic nitrogens is 1. The summed E-state index contributed by atoms with van der Waals surface area (Å²) in [4.78, 5) is 23.9. The molecular weight excluding hydrogens is 318 g/mol. The van der Waals surface area contributed by atoms with E-state index in [4.69, 9.17) is 9.47 Å². The third-order valence-corrected chi connectivity index (χ3v) is 3.74. The van der Waals surface area contributed by atoms with Gasteiger partial charge in [0.05, 0.1) is 0 Å². The molecule has 0 saturated heterocycles. The van der Waals surface area contributed by atoms with Gasteiger partial charge in [-0.05, 0) is 32.9 Å². The van der Waals surface area contributed by atoms with E-state index >= 15 is 0 Å². The molecule has 0 aliphatic rings. The van der Waals surface area contributed by atoms with Crippen LogP contribution in [0.25, 0.3) is 21.8 Å². The van der Waals surface area contributed by atoms with Gasteiger partial charge >= 0.3 is 11.9 Å². The molecule has 3 aromatic rings. The van der Waals surface area contributed by atoms with Crippen molar-refractivity contribution in [1.29, 1.82) is 0 Å². The van der Waals surface area contributed by atoms with E-state index in [1.54, 1.807) is 20.8 Å². The van der Waals surface area contributed by atoms with Crippen LogP contribution in [0.15, 0.2) is 48.5 Å². The van der Waals surface area contributed by atoms with Crippen LogP contribution in [0.3, 0.4) is 0 Å². The molecule has 0 spiro atoms. The predicted molar refractivity (Wildman–Crippen MR) is 96.2 cm³/mol. The van der Waals surface area contributed by atoms with Crippen LogP contribution >= 0.6 is 0 Å². The average Bonchev–Trinajstić information content (AvgIpc) is 2.86. The minimum Gasteiger partial charge on any atom is -0.457 e. The van der Waals surface area contributed by atoms with E-state index < -0.39 is 17.5 Å². The maximum atomic E-state index is 12.2. The maximum absolute atomic E-state index is 12.2. The van der Waals surface area contributed by atoms with E-state index in [9.17, 15) is 9.59 Å². The first-order valence-electron chi connectivity index (χ1n) is 8.18. The number of para-hydroxylation sites is 2. The Balaban J connectivity index is 1.78. The van der Waals surface area contributed by atoms with E-state index in [-0.39, 0.29) is 13.2 Å². The Labute approximate surface area is 146 Å². The number of fused-ring (bicyclic) bond motifs is 3. The van der Waals surface area contributed by atoms with Gasteiger partial charge in [0.25, 0.3) is 0 Å². The molecule has 0 saturated carbocycles. The molecule has 25 heavy (non-hydrogen) atoms. The minimum absolute atomic E-state index is 0.0385. The molecule has 0 bridgehead atoms. The van der Waals surface area contributed by atoms with Crippen molar-refractivity contribution in [2.45, 2.75) is 32.9 Å². The first kappa shape index (κ1) is 17.0. The summed E-state index contributed by atoms with van der Waals surface area (Å²) in [6.07, 6.45) is 0. The van der Waals surface area contributed by atoms with Crippen molar-refractivity contribution in [3.8, 4) is 0 Å². The van der Waals surface area contributed by atoms with Gasteiger partial charge in [-0.15, -0.1) is 0 Å². The van der Waals surface area contributed by atoms with E-state index in [1.807, 2.05) is 53.1 Å². The number of benzene rings is 2. The second kappa shape index (κ2) is 6.59. The Kier molecular flexibility index (Phi) is 4.49. The van der Waals surface area contributed by atoms with Crippen LogP contribution in [0, 0.1) is 0 Å². The van der Waals surface area contributed by atoms with Crippen molar-refractivity contribution in [2.75, 3.05) is 6.61 Å². The molecule has 0 unspecified atom stereocenters. The largest absolute Gasteiger partial charge is 0.457 e. The van der Waals surface area contributed by atoms with Gasteiger partial charge < -0.3 is 14.0 Å². The summed E-state index contributed by atoms with van der Waals surface area (Å²) < 4.78 is 12.1.